The summed E-state index contributed by atoms with van der Waals surface area (Å²) >= 11 is 1.65. The number of amides is 1. The standard InChI is InChI=1S/C15H23NO2S/c1-3-18-9-5-8-16-15(17)12-19-11-14-7-4-6-13(2)10-14/h4,6-7,10H,3,5,8-9,11-12H2,1-2H3,(H,16,17). The van der Waals surface area contributed by atoms with Gasteiger partial charge in [0.05, 0.1) is 5.75 Å². The van der Waals surface area contributed by atoms with Gasteiger partial charge in [0.2, 0.25) is 5.91 Å². The molecule has 0 bridgehead atoms. The molecule has 1 N–H and O–H groups in total. The van der Waals surface area contributed by atoms with Crippen LogP contribution in [0.1, 0.15) is 24.5 Å². The Hall–Kier alpha value is -1.00. The van der Waals surface area contributed by atoms with E-state index in [2.05, 4.69) is 36.5 Å². The SMILES string of the molecule is CCOCCCNC(=O)CSCc1cccc(C)c1. The van der Waals surface area contributed by atoms with E-state index >= 15 is 0 Å². The van der Waals surface area contributed by atoms with Crippen molar-refractivity contribution in [2.45, 2.75) is 26.0 Å². The van der Waals surface area contributed by atoms with E-state index in [1.54, 1.807) is 11.8 Å². The van der Waals surface area contributed by atoms with Crippen molar-refractivity contribution < 1.29 is 9.53 Å². The van der Waals surface area contributed by atoms with Crippen molar-refractivity contribution >= 4 is 17.7 Å². The van der Waals surface area contributed by atoms with Crippen LogP contribution in [-0.2, 0) is 15.3 Å². The molecule has 0 atom stereocenters. The minimum absolute atomic E-state index is 0.106. The fourth-order valence-electron chi connectivity index (χ4n) is 1.66. The minimum Gasteiger partial charge on any atom is -0.382 e. The van der Waals surface area contributed by atoms with Gasteiger partial charge in [0.15, 0.2) is 0 Å². The molecule has 0 saturated heterocycles. The van der Waals surface area contributed by atoms with Crippen LogP contribution in [0.5, 0.6) is 0 Å². The van der Waals surface area contributed by atoms with Gasteiger partial charge in [-0.2, -0.15) is 0 Å². The molecule has 1 aromatic carbocycles. The summed E-state index contributed by atoms with van der Waals surface area (Å²) in [5.41, 5.74) is 2.53. The molecule has 19 heavy (non-hydrogen) atoms. The normalized spacial score (nSPS) is 10.4. The molecule has 0 radical (unpaired) electrons. The zero-order valence-electron chi connectivity index (χ0n) is 11.8. The van der Waals surface area contributed by atoms with E-state index in [0.29, 0.717) is 18.9 Å². The second-order valence-electron chi connectivity index (χ2n) is 4.38. The Bertz CT molecular complexity index is 382. The van der Waals surface area contributed by atoms with Crippen LogP contribution < -0.4 is 5.32 Å². The number of benzene rings is 1. The summed E-state index contributed by atoms with van der Waals surface area (Å²) in [5.74, 6) is 1.51. The van der Waals surface area contributed by atoms with E-state index in [9.17, 15) is 4.79 Å². The van der Waals surface area contributed by atoms with Gasteiger partial charge >= 0.3 is 0 Å². The molecule has 4 heteroatoms. The molecule has 106 valence electrons. The minimum atomic E-state index is 0.106. The Morgan fingerprint density at radius 2 is 2.26 bits per heavy atom. The second-order valence-corrected chi connectivity index (χ2v) is 5.37. The summed E-state index contributed by atoms with van der Waals surface area (Å²) in [4.78, 5) is 11.6. The van der Waals surface area contributed by atoms with Crippen molar-refractivity contribution in [3.8, 4) is 0 Å². The number of ether oxygens (including phenoxy) is 1. The molecule has 0 aliphatic rings. The number of rotatable bonds is 9. The lowest BCUT2D eigenvalue weighted by Gasteiger charge is -2.06. The fourth-order valence-corrected chi connectivity index (χ4v) is 2.47. The van der Waals surface area contributed by atoms with Gasteiger partial charge in [-0.05, 0) is 25.8 Å². The molecule has 0 fully saturated rings. The average molecular weight is 281 g/mol. The second kappa shape index (κ2) is 9.87. The molecule has 1 amide bonds. The topological polar surface area (TPSA) is 38.3 Å². The summed E-state index contributed by atoms with van der Waals surface area (Å²) in [7, 11) is 0. The monoisotopic (exact) mass is 281 g/mol. The third kappa shape index (κ3) is 7.90. The predicted octanol–water partition coefficient (Wildman–Crippen LogP) is 2.77. The van der Waals surface area contributed by atoms with Gasteiger partial charge in [-0.3, -0.25) is 4.79 Å². The van der Waals surface area contributed by atoms with Gasteiger partial charge in [0.25, 0.3) is 0 Å². The molecule has 0 heterocycles. The van der Waals surface area contributed by atoms with E-state index < -0.39 is 0 Å². The highest BCUT2D eigenvalue weighted by Gasteiger charge is 2.01. The maximum absolute atomic E-state index is 11.6. The Morgan fingerprint density at radius 1 is 1.42 bits per heavy atom. The van der Waals surface area contributed by atoms with Crippen LogP contribution in [-0.4, -0.2) is 31.4 Å². The van der Waals surface area contributed by atoms with Crippen LogP contribution in [0.3, 0.4) is 0 Å². The average Bonchev–Trinajstić information content (AvgIpc) is 2.38. The lowest BCUT2D eigenvalue weighted by molar-refractivity contribution is -0.118. The van der Waals surface area contributed by atoms with Gasteiger partial charge < -0.3 is 10.1 Å². The number of aryl methyl sites for hydroxylation is 1. The van der Waals surface area contributed by atoms with Crippen LogP contribution in [0, 0.1) is 6.92 Å². The highest BCUT2D eigenvalue weighted by molar-refractivity contribution is 7.99. The van der Waals surface area contributed by atoms with Gasteiger partial charge in [0, 0.05) is 25.5 Å². The smallest absolute Gasteiger partial charge is 0.230 e. The van der Waals surface area contributed by atoms with Crippen molar-refractivity contribution in [2.75, 3.05) is 25.5 Å². The molecule has 0 spiro atoms. The number of hydrogen-bond acceptors (Lipinski definition) is 3. The van der Waals surface area contributed by atoms with Crippen LogP contribution in [0.4, 0.5) is 0 Å². The lowest BCUT2D eigenvalue weighted by atomic mass is 10.2. The van der Waals surface area contributed by atoms with Crippen molar-refractivity contribution in [2.24, 2.45) is 0 Å². The first-order valence-corrected chi connectivity index (χ1v) is 7.85. The first kappa shape index (κ1) is 16.1. The highest BCUT2D eigenvalue weighted by Crippen LogP contribution is 2.13. The van der Waals surface area contributed by atoms with E-state index in [0.717, 1.165) is 18.8 Å². The predicted molar refractivity (Wildman–Crippen MR) is 81.5 cm³/mol. The molecule has 0 unspecified atom stereocenters. The summed E-state index contributed by atoms with van der Waals surface area (Å²) < 4.78 is 5.21. The van der Waals surface area contributed by atoms with Crippen LogP contribution in [0.2, 0.25) is 0 Å². The van der Waals surface area contributed by atoms with Gasteiger partial charge in [-0.1, -0.05) is 29.8 Å². The van der Waals surface area contributed by atoms with Crippen molar-refractivity contribution in [1.29, 1.82) is 0 Å². The van der Waals surface area contributed by atoms with E-state index in [1.807, 2.05) is 6.92 Å². The van der Waals surface area contributed by atoms with Crippen LogP contribution >= 0.6 is 11.8 Å². The fraction of sp³-hybridized carbons (Fsp3) is 0.533. The Labute approximate surface area is 120 Å². The summed E-state index contributed by atoms with van der Waals surface area (Å²) in [6, 6.07) is 8.39. The maximum atomic E-state index is 11.6. The third-order valence-electron chi connectivity index (χ3n) is 2.58. The molecule has 1 rings (SSSR count). The van der Waals surface area contributed by atoms with Crippen molar-refractivity contribution in [3.05, 3.63) is 35.4 Å². The Balaban J connectivity index is 2.07. The summed E-state index contributed by atoms with van der Waals surface area (Å²) in [6.45, 7) is 6.21. The van der Waals surface area contributed by atoms with E-state index in [1.165, 1.54) is 11.1 Å². The molecule has 0 aliphatic heterocycles. The molecule has 0 aliphatic carbocycles. The van der Waals surface area contributed by atoms with Crippen molar-refractivity contribution in [3.63, 3.8) is 0 Å². The number of nitrogens with one attached hydrogen (secondary N) is 1. The van der Waals surface area contributed by atoms with Gasteiger partial charge in [-0.25, -0.2) is 0 Å². The zero-order chi connectivity index (χ0) is 13.9. The van der Waals surface area contributed by atoms with E-state index in [4.69, 9.17) is 4.74 Å². The summed E-state index contributed by atoms with van der Waals surface area (Å²) in [5, 5.41) is 2.90. The summed E-state index contributed by atoms with van der Waals surface area (Å²) in [6.07, 6.45) is 0.877. The molecular weight excluding hydrogens is 258 g/mol. The number of carbonyl (C=O) groups excluding carboxylic acids is 1. The maximum Gasteiger partial charge on any atom is 0.230 e. The number of hydrogen-bond donors (Lipinski definition) is 1. The molecule has 0 saturated carbocycles. The van der Waals surface area contributed by atoms with E-state index in [-0.39, 0.29) is 5.91 Å². The zero-order valence-corrected chi connectivity index (χ0v) is 12.6. The highest BCUT2D eigenvalue weighted by atomic mass is 32.2. The molecule has 3 nitrogen and oxygen atoms in total. The molecule has 0 aromatic heterocycles. The van der Waals surface area contributed by atoms with Crippen LogP contribution in [0.25, 0.3) is 0 Å². The first-order chi connectivity index (χ1) is 9.22. The van der Waals surface area contributed by atoms with Crippen molar-refractivity contribution in [1.82, 2.24) is 5.32 Å². The Morgan fingerprint density at radius 3 is 3.00 bits per heavy atom. The van der Waals surface area contributed by atoms with Crippen LogP contribution in [0.15, 0.2) is 24.3 Å². The Kier molecular flexibility index (Phi) is 8.34. The largest absolute Gasteiger partial charge is 0.382 e. The van der Waals surface area contributed by atoms with Gasteiger partial charge in [-0.15, -0.1) is 11.8 Å². The first-order valence-electron chi connectivity index (χ1n) is 6.70. The quantitative estimate of drug-likeness (QED) is 0.707. The number of carbonyl (C=O) groups is 1. The van der Waals surface area contributed by atoms with Gasteiger partial charge in [0.1, 0.15) is 0 Å². The molecular formula is C15H23NO2S. The lowest BCUT2D eigenvalue weighted by Crippen LogP contribution is -2.26. The molecule has 1 aromatic rings. The number of thioether (sulfide) groups is 1. The third-order valence-corrected chi connectivity index (χ3v) is 3.58.